The number of aromatic nitrogens is 2. The van der Waals surface area contributed by atoms with Crippen molar-refractivity contribution in [3.8, 4) is 5.75 Å². The Labute approximate surface area is 164 Å². The monoisotopic (exact) mass is 395 g/mol. The highest BCUT2D eigenvalue weighted by Gasteiger charge is 2.07. The number of nitrogens with one attached hydrogen (secondary N) is 1. The van der Waals surface area contributed by atoms with Crippen molar-refractivity contribution >= 4 is 34.0 Å². The molecule has 0 bridgehead atoms. The molecule has 0 aliphatic rings. The Morgan fingerprint density at radius 3 is 2.31 bits per heavy atom. The molecule has 0 aliphatic carbocycles. The van der Waals surface area contributed by atoms with Crippen molar-refractivity contribution in [1.29, 1.82) is 0 Å². The number of amides is 1. The normalized spacial score (nSPS) is 10.2. The SMILES string of the molecule is C=C(C)C(=O)Oc1ccc2oncc2c1.O=C(O)NCc1ccc2oncc2c1. The molecule has 29 heavy (non-hydrogen) atoms. The van der Waals surface area contributed by atoms with Gasteiger partial charge in [0.05, 0.1) is 12.4 Å². The quantitative estimate of drug-likeness (QED) is 0.302. The van der Waals surface area contributed by atoms with E-state index in [2.05, 4.69) is 22.2 Å². The second-order valence-electron chi connectivity index (χ2n) is 6.05. The highest BCUT2D eigenvalue weighted by atomic mass is 16.5. The van der Waals surface area contributed by atoms with Crippen molar-refractivity contribution in [2.45, 2.75) is 13.5 Å². The molecule has 148 valence electrons. The fraction of sp³-hybridized carbons (Fsp3) is 0.100. The zero-order chi connectivity index (χ0) is 20.8. The van der Waals surface area contributed by atoms with Gasteiger partial charge in [-0.05, 0) is 42.8 Å². The van der Waals surface area contributed by atoms with Crippen molar-refractivity contribution < 1.29 is 28.5 Å². The van der Waals surface area contributed by atoms with Crippen molar-refractivity contribution in [3.63, 3.8) is 0 Å². The number of esters is 1. The van der Waals surface area contributed by atoms with Crippen LogP contribution >= 0.6 is 0 Å². The fourth-order valence-electron chi connectivity index (χ4n) is 2.32. The minimum Gasteiger partial charge on any atom is -0.465 e. The van der Waals surface area contributed by atoms with Crippen molar-refractivity contribution in [3.05, 3.63) is 66.5 Å². The first-order valence-electron chi connectivity index (χ1n) is 8.44. The lowest BCUT2D eigenvalue weighted by Crippen LogP contribution is -2.19. The number of fused-ring (bicyclic) bond motifs is 2. The third kappa shape index (κ3) is 5.19. The molecule has 4 rings (SSSR count). The summed E-state index contributed by atoms with van der Waals surface area (Å²) in [5.41, 5.74) is 2.60. The summed E-state index contributed by atoms with van der Waals surface area (Å²) in [5, 5.41) is 19.6. The van der Waals surface area contributed by atoms with Gasteiger partial charge in [0.25, 0.3) is 0 Å². The molecule has 2 N–H and O–H groups in total. The number of carbonyl (C=O) groups is 2. The molecule has 4 aromatic rings. The maximum absolute atomic E-state index is 11.2. The van der Waals surface area contributed by atoms with E-state index in [9.17, 15) is 9.59 Å². The summed E-state index contributed by atoms with van der Waals surface area (Å²) in [6.07, 6.45) is 2.13. The Hall–Kier alpha value is -4.14. The first-order valence-corrected chi connectivity index (χ1v) is 8.44. The Balaban J connectivity index is 0.000000166. The molecular formula is C20H17N3O6. The molecule has 0 spiro atoms. The molecule has 0 aliphatic heterocycles. The van der Waals surface area contributed by atoms with Crippen LogP contribution < -0.4 is 10.1 Å². The van der Waals surface area contributed by atoms with Crippen LogP contribution in [-0.2, 0) is 11.3 Å². The zero-order valence-corrected chi connectivity index (χ0v) is 15.4. The van der Waals surface area contributed by atoms with Gasteiger partial charge in [-0.2, -0.15) is 0 Å². The molecule has 0 radical (unpaired) electrons. The number of carboxylic acid groups (broad SMARTS) is 1. The second kappa shape index (κ2) is 8.70. The number of ether oxygens (including phenoxy) is 1. The largest absolute Gasteiger partial charge is 0.465 e. The van der Waals surface area contributed by atoms with Crippen LogP contribution in [-0.4, -0.2) is 27.5 Å². The van der Waals surface area contributed by atoms with Gasteiger partial charge in [-0.15, -0.1) is 0 Å². The van der Waals surface area contributed by atoms with Crippen LogP contribution in [0.25, 0.3) is 21.9 Å². The van der Waals surface area contributed by atoms with Crippen molar-refractivity contribution in [2.75, 3.05) is 0 Å². The number of nitrogens with zero attached hydrogens (tertiary/aromatic N) is 2. The van der Waals surface area contributed by atoms with Gasteiger partial charge in [-0.3, -0.25) is 0 Å². The summed E-state index contributed by atoms with van der Waals surface area (Å²) in [4.78, 5) is 21.5. The van der Waals surface area contributed by atoms with Crippen LogP contribution in [0.1, 0.15) is 12.5 Å². The third-order valence-electron chi connectivity index (χ3n) is 3.74. The highest BCUT2D eigenvalue weighted by Crippen LogP contribution is 2.20. The van der Waals surface area contributed by atoms with Crippen molar-refractivity contribution in [1.82, 2.24) is 15.6 Å². The van der Waals surface area contributed by atoms with Crippen LogP contribution in [0.15, 0.2) is 70.0 Å². The second-order valence-corrected chi connectivity index (χ2v) is 6.05. The molecule has 0 saturated heterocycles. The van der Waals surface area contributed by atoms with Gasteiger partial charge in [-0.1, -0.05) is 23.0 Å². The highest BCUT2D eigenvalue weighted by molar-refractivity contribution is 5.89. The number of rotatable bonds is 4. The van der Waals surface area contributed by atoms with E-state index in [1.54, 1.807) is 49.6 Å². The Morgan fingerprint density at radius 1 is 1.07 bits per heavy atom. The number of carbonyl (C=O) groups excluding carboxylic acids is 1. The lowest BCUT2D eigenvalue weighted by atomic mass is 10.2. The van der Waals surface area contributed by atoms with Gasteiger partial charge >= 0.3 is 12.1 Å². The first kappa shape index (κ1) is 19.6. The topological polar surface area (TPSA) is 128 Å². The Morgan fingerprint density at radius 2 is 1.69 bits per heavy atom. The molecule has 0 saturated carbocycles. The molecule has 0 fully saturated rings. The van der Waals surface area contributed by atoms with Crippen LogP contribution in [0.4, 0.5) is 4.79 Å². The number of hydrogen-bond donors (Lipinski definition) is 2. The lowest BCUT2D eigenvalue weighted by molar-refractivity contribution is -0.130. The maximum Gasteiger partial charge on any atom is 0.404 e. The molecule has 9 heteroatoms. The van der Waals surface area contributed by atoms with Crippen LogP contribution in [0.5, 0.6) is 5.75 Å². The molecule has 0 atom stereocenters. The number of benzene rings is 2. The maximum atomic E-state index is 11.2. The minimum atomic E-state index is -1.03. The molecule has 2 aromatic heterocycles. The molecule has 0 unspecified atom stereocenters. The zero-order valence-electron chi connectivity index (χ0n) is 15.4. The molecule has 1 amide bonds. The van der Waals surface area contributed by atoms with E-state index in [1.807, 2.05) is 6.07 Å². The molecule has 2 aromatic carbocycles. The van der Waals surface area contributed by atoms with Gasteiger partial charge in [0.1, 0.15) is 5.75 Å². The van der Waals surface area contributed by atoms with Crippen molar-refractivity contribution in [2.24, 2.45) is 0 Å². The summed E-state index contributed by atoms with van der Waals surface area (Å²) < 4.78 is 14.9. The fourth-order valence-corrected chi connectivity index (χ4v) is 2.32. The Kier molecular flexibility index (Phi) is 5.88. The van der Waals surface area contributed by atoms with Gasteiger partial charge in [-0.25, -0.2) is 9.59 Å². The van der Waals surface area contributed by atoms with E-state index < -0.39 is 12.1 Å². The van der Waals surface area contributed by atoms with E-state index in [-0.39, 0.29) is 6.54 Å². The van der Waals surface area contributed by atoms with Gasteiger partial charge < -0.3 is 24.2 Å². The summed E-state index contributed by atoms with van der Waals surface area (Å²) in [6, 6.07) is 10.4. The van der Waals surface area contributed by atoms with E-state index >= 15 is 0 Å². The number of hydrogen-bond acceptors (Lipinski definition) is 7. The predicted molar refractivity (Wildman–Crippen MR) is 103 cm³/mol. The van der Waals surface area contributed by atoms with E-state index in [0.717, 1.165) is 16.3 Å². The smallest absolute Gasteiger partial charge is 0.404 e. The summed E-state index contributed by atoms with van der Waals surface area (Å²) in [7, 11) is 0. The molecular weight excluding hydrogens is 378 g/mol. The standard InChI is InChI=1S/C11H9NO3.C9H8N2O3/c1-7(2)11(13)14-9-3-4-10-8(5-9)6-12-15-10;12-9(13)10-4-6-1-2-8-7(3-6)5-11-14-8/h3-6H,1H2,2H3;1-3,5,10H,4H2,(H,12,13). The lowest BCUT2D eigenvalue weighted by Gasteiger charge is -2.02. The van der Waals surface area contributed by atoms with E-state index in [1.165, 1.54) is 0 Å². The van der Waals surface area contributed by atoms with E-state index in [4.69, 9.17) is 18.9 Å². The average Bonchev–Trinajstić information content (AvgIpc) is 3.35. The minimum absolute atomic E-state index is 0.288. The van der Waals surface area contributed by atoms with Gasteiger partial charge in [0, 0.05) is 22.9 Å². The van der Waals surface area contributed by atoms with Crippen LogP contribution in [0, 0.1) is 0 Å². The summed E-state index contributed by atoms with van der Waals surface area (Å²) >= 11 is 0. The third-order valence-corrected chi connectivity index (χ3v) is 3.74. The molecule has 9 nitrogen and oxygen atoms in total. The van der Waals surface area contributed by atoms with Crippen LogP contribution in [0.3, 0.4) is 0 Å². The summed E-state index contributed by atoms with van der Waals surface area (Å²) in [5.74, 6) is 0.0181. The summed E-state index contributed by atoms with van der Waals surface area (Å²) in [6.45, 7) is 5.38. The van der Waals surface area contributed by atoms with Gasteiger partial charge in [0.2, 0.25) is 0 Å². The van der Waals surface area contributed by atoms with Crippen LogP contribution in [0.2, 0.25) is 0 Å². The van der Waals surface area contributed by atoms with Gasteiger partial charge in [0.15, 0.2) is 11.2 Å². The predicted octanol–water partition coefficient (Wildman–Crippen LogP) is 3.90. The Bertz CT molecular complexity index is 1180. The van der Waals surface area contributed by atoms with E-state index in [0.29, 0.717) is 22.5 Å². The average molecular weight is 395 g/mol. The molecule has 2 heterocycles. The first-order chi connectivity index (χ1) is 13.9.